The monoisotopic (exact) mass is 256 g/mol. The maximum atomic E-state index is 5.22. The molecule has 0 spiro atoms. The molecule has 36 valence electrons. The Kier molecular flexibility index (Phi) is 4.11. The molecule has 0 N–H and O–H groups in total. The van der Waals surface area contributed by atoms with E-state index in [1.807, 2.05) is 22.6 Å². The fourth-order valence-electron chi connectivity index (χ4n) is 0. The van der Waals surface area contributed by atoms with Crippen LogP contribution in [0.5, 0.6) is 0 Å². The topological polar surface area (TPSA) is 0 Å². The smallest absolute Gasteiger partial charge is 0.0745 e. The standard InChI is InChI=1S/C2Cl3I/c3-1(4)2(5)6. The van der Waals surface area contributed by atoms with Crippen molar-refractivity contribution in [2.45, 2.75) is 0 Å². The van der Waals surface area contributed by atoms with E-state index in [1.54, 1.807) is 0 Å². The van der Waals surface area contributed by atoms with Gasteiger partial charge in [-0.05, 0) is 22.6 Å². The first kappa shape index (κ1) is 7.34. The van der Waals surface area contributed by atoms with Gasteiger partial charge >= 0.3 is 0 Å². The van der Waals surface area contributed by atoms with Crippen LogP contribution in [-0.2, 0) is 0 Å². The Balaban J connectivity index is 3.68. The highest BCUT2D eigenvalue weighted by molar-refractivity contribution is 14.1. The summed E-state index contributed by atoms with van der Waals surface area (Å²) in [6.07, 6.45) is 0. The van der Waals surface area contributed by atoms with E-state index in [0.29, 0.717) is 3.04 Å². The Hall–Kier alpha value is 1.34. The highest BCUT2D eigenvalue weighted by Gasteiger charge is 1.87. The van der Waals surface area contributed by atoms with Gasteiger partial charge in [0.25, 0.3) is 0 Å². The summed E-state index contributed by atoms with van der Waals surface area (Å²) >= 11 is 17.3. The maximum Gasteiger partial charge on any atom is 0.131 e. The SMILES string of the molecule is ClC(Cl)=C(Cl)I. The van der Waals surface area contributed by atoms with E-state index in [-0.39, 0.29) is 4.49 Å². The molecule has 0 saturated heterocycles. The lowest BCUT2D eigenvalue weighted by molar-refractivity contribution is 2.33. The molecule has 0 aromatic rings. The van der Waals surface area contributed by atoms with Crippen LogP contribution in [0.1, 0.15) is 0 Å². The van der Waals surface area contributed by atoms with Gasteiger partial charge in [0.2, 0.25) is 0 Å². The van der Waals surface area contributed by atoms with Crippen LogP contribution in [-0.4, -0.2) is 0 Å². The van der Waals surface area contributed by atoms with E-state index in [9.17, 15) is 0 Å². The van der Waals surface area contributed by atoms with Gasteiger partial charge in [-0.25, -0.2) is 0 Å². The van der Waals surface area contributed by atoms with Gasteiger partial charge in [0.05, 0.1) is 0 Å². The summed E-state index contributed by atoms with van der Waals surface area (Å²) in [6, 6.07) is 0. The third-order valence-electron chi connectivity index (χ3n) is 0.143. The minimum Gasteiger partial charge on any atom is -0.0745 e. The van der Waals surface area contributed by atoms with E-state index in [1.165, 1.54) is 0 Å². The summed E-state index contributed by atoms with van der Waals surface area (Å²) in [4.78, 5) is 0. The Labute approximate surface area is 64.6 Å². The number of hydrogen-bond donors (Lipinski definition) is 0. The molecular weight excluding hydrogens is 257 g/mol. The highest BCUT2D eigenvalue weighted by atomic mass is 127. The molecule has 0 saturated carbocycles. The van der Waals surface area contributed by atoms with Crippen molar-refractivity contribution in [3.05, 3.63) is 7.53 Å². The second kappa shape index (κ2) is 3.36. The van der Waals surface area contributed by atoms with Crippen molar-refractivity contribution in [3.63, 3.8) is 0 Å². The molecule has 0 aliphatic carbocycles. The first-order valence-electron chi connectivity index (χ1n) is 1.01. The zero-order valence-corrected chi connectivity index (χ0v) is 6.94. The minimum absolute atomic E-state index is 0.122. The fraction of sp³-hybridized carbons (Fsp3) is 0. The molecule has 0 amide bonds. The van der Waals surface area contributed by atoms with Crippen molar-refractivity contribution in [3.8, 4) is 0 Å². The average Bonchev–Trinajstić information content (AvgIpc) is 1.36. The fourth-order valence-corrected chi connectivity index (χ4v) is 0. The van der Waals surface area contributed by atoms with Crippen molar-refractivity contribution in [2.24, 2.45) is 0 Å². The molecule has 0 heterocycles. The van der Waals surface area contributed by atoms with E-state index in [4.69, 9.17) is 34.8 Å². The van der Waals surface area contributed by atoms with E-state index < -0.39 is 0 Å². The lowest BCUT2D eigenvalue weighted by Gasteiger charge is -1.76. The van der Waals surface area contributed by atoms with Crippen LogP contribution in [0, 0.1) is 0 Å². The van der Waals surface area contributed by atoms with Gasteiger partial charge in [0.1, 0.15) is 7.53 Å². The first-order chi connectivity index (χ1) is 2.64. The molecular formula is C2Cl3I. The zero-order valence-electron chi connectivity index (χ0n) is 2.51. The quantitative estimate of drug-likeness (QED) is 0.584. The molecule has 0 rings (SSSR count). The second-order valence-electron chi connectivity index (χ2n) is 0.521. The van der Waals surface area contributed by atoms with Crippen LogP contribution in [0.3, 0.4) is 0 Å². The number of hydrogen-bond acceptors (Lipinski definition) is 0. The average molecular weight is 257 g/mol. The van der Waals surface area contributed by atoms with Gasteiger partial charge in [-0.1, -0.05) is 34.8 Å². The maximum absolute atomic E-state index is 5.22. The van der Waals surface area contributed by atoms with E-state index in [0.717, 1.165) is 0 Å². The summed E-state index contributed by atoms with van der Waals surface area (Å²) < 4.78 is 0.521. The number of halogens is 4. The van der Waals surface area contributed by atoms with Gasteiger partial charge in [0, 0.05) is 0 Å². The van der Waals surface area contributed by atoms with Crippen LogP contribution in [0.4, 0.5) is 0 Å². The largest absolute Gasteiger partial charge is 0.131 e. The molecule has 0 aliphatic rings. The molecule has 0 fully saturated rings. The van der Waals surface area contributed by atoms with Crippen LogP contribution >= 0.6 is 57.4 Å². The predicted octanol–water partition coefficient (Wildman–Crippen LogP) is 3.26. The lowest BCUT2D eigenvalue weighted by atomic mass is 11.2. The van der Waals surface area contributed by atoms with Crippen molar-refractivity contribution < 1.29 is 0 Å². The molecule has 4 heteroatoms. The molecule has 0 aliphatic heterocycles. The summed E-state index contributed by atoms with van der Waals surface area (Å²) in [6.45, 7) is 0. The summed E-state index contributed by atoms with van der Waals surface area (Å²) in [5.74, 6) is 0. The molecule has 0 aromatic carbocycles. The Morgan fingerprint density at radius 2 is 1.33 bits per heavy atom. The van der Waals surface area contributed by atoms with Gasteiger partial charge < -0.3 is 0 Å². The lowest BCUT2D eigenvalue weighted by Crippen LogP contribution is -1.46. The Morgan fingerprint density at radius 1 is 1.17 bits per heavy atom. The van der Waals surface area contributed by atoms with Gasteiger partial charge in [-0.3, -0.25) is 0 Å². The molecule has 0 atom stereocenters. The van der Waals surface area contributed by atoms with Crippen LogP contribution in [0.2, 0.25) is 0 Å². The molecule has 6 heavy (non-hydrogen) atoms. The highest BCUT2D eigenvalue weighted by Crippen LogP contribution is 2.22. The zero-order chi connectivity index (χ0) is 5.15. The Bertz CT molecular complexity index is 58.9. The molecule has 0 unspecified atom stereocenters. The van der Waals surface area contributed by atoms with Crippen LogP contribution in [0.25, 0.3) is 0 Å². The first-order valence-corrected chi connectivity index (χ1v) is 3.22. The van der Waals surface area contributed by atoms with Crippen molar-refractivity contribution in [2.75, 3.05) is 0 Å². The third-order valence-corrected chi connectivity index (χ3v) is 2.08. The van der Waals surface area contributed by atoms with Crippen LogP contribution in [0.15, 0.2) is 7.53 Å². The predicted molar refractivity (Wildman–Crippen MR) is 38.6 cm³/mol. The third kappa shape index (κ3) is 3.53. The summed E-state index contributed by atoms with van der Waals surface area (Å²) in [7, 11) is 0. The number of rotatable bonds is 0. The molecule has 0 bridgehead atoms. The van der Waals surface area contributed by atoms with Gasteiger partial charge in [-0.15, -0.1) is 0 Å². The van der Waals surface area contributed by atoms with Crippen molar-refractivity contribution >= 4 is 57.4 Å². The van der Waals surface area contributed by atoms with Crippen molar-refractivity contribution in [1.82, 2.24) is 0 Å². The second-order valence-corrected chi connectivity index (χ2v) is 3.56. The molecule has 0 nitrogen and oxygen atoms in total. The van der Waals surface area contributed by atoms with Crippen LogP contribution < -0.4 is 0 Å². The normalized spacial score (nSPS) is 8.00. The van der Waals surface area contributed by atoms with Crippen molar-refractivity contribution in [1.29, 1.82) is 0 Å². The summed E-state index contributed by atoms with van der Waals surface area (Å²) in [5.41, 5.74) is 0. The molecule has 0 radical (unpaired) electrons. The van der Waals surface area contributed by atoms with Gasteiger partial charge in [0.15, 0.2) is 0 Å². The Morgan fingerprint density at radius 3 is 1.33 bits per heavy atom. The van der Waals surface area contributed by atoms with Gasteiger partial charge in [-0.2, -0.15) is 0 Å². The minimum atomic E-state index is 0.122. The molecule has 0 aromatic heterocycles. The van der Waals surface area contributed by atoms with E-state index in [2.05, 4.69) is 0 Å². The summed E-state index contributed by atoms with van der Waals surface area (Å²) in [5, 5.41) is 0. The van der Waals surface area contributed by atoms with E-state index >= 15 is 0 Å².